The Balaban J connectivity index is 1.83. The fourth-order valence-corrected chi connectivity index (χ4v) is 5.32. The summed E-state index contributed by atoms with van der Waals surface area (Å²) in [6, 6.07) is 0. The van der Waals surface area contributed by atoms with E-state index in [0.29, 0.717) is 11.7 Å². The van der Waals surface area contributed by atoms with Gasteiger partial charge in [0.05, 0.1) is 5.75 Å². The molecule has 3 heterocycles. The van der Waals surface area contributed by atoms with E-state index in [4.69, 9.17) is 9.97 Å². The van der Waals surface area contributed by atoms with Gasteiger partial charge in [0.2, 0.25) is 5.91 Å². The first-order valence-corrected chi connectivity index (χ1v) is 10.8. The maximum atomic E-state index is 12.6. The Bertz CT molecular complexity index is 785. The van der Waals surface area contributed by atoms with Gasteiger partial charge in [0.15, 0.2) is 0 Å². The number of amides is 1. The van der Waals surface area contributed by atoms with Crippen molar-refractivity contribution in [2.75, 3.05) is 18.8 Å². The number of aromatic nitrogens is 2. The number of rotatable bonds is 4. The molecular weight excluding hydrogens is 350 g/mol. The van der Waals surface area contributed by atoms with Crippen molar-refractivity contribution in [2.45, 2.75) is 58.4 Å². The molecule has 0 bridgehead atoms. The number of hydrogen-bond acceptors (Lipinski definition) is 5. The van der Waals surface area contributed by atoms with Gasteiger partial charge in [-0.1, -0.05) is 32.5 Å². The molecule has 4 nitrogen and oxygen atoms in total. The van der Waals surface area contributed by atoms with E-state index in [2.05, 4.69) is 34.6 Å². The third-order valence-corrected chi connectivity index (χ3v) is 6.93. The Kier molecular flexibility index (Phi) is 5.68. The molecule has 1 atom stereocenters. The molecule has 6 heteroatoms. The predicted molar refractivity (Wildman–Crippen MR) is 107 cm³/mol. The van der Waals surface area contributed by atoms with Gasteiger partial charge >= 0.3 is 0 Å². The van der Waals surface area contributed by atoms with Crippen LogP contribution in [-0.4, -0.2) is 39.6 Å². The van der Waals surface area contributed by atoms with Gasteiger partial charge in [0.1, 0.15) is 15.7 Å². The van der Waals surface area contributed by atoms with Crippen LogP contribution in [0.25, 0.3) is 10.2 Å². The normalized spacial score (nSPS) is 18.3. The predicted octanol–water partition coefficient (Wildman–Crippen LogP) is 4.78. The molecule has 2 aromatic rings. The maximum absolute atomic E-state index is 12.6. The molecule has 0 aromatic carbocycles. The standard InChI is InChI=1S/C19H27N3OS2/c1-11(2)17-20-18(16-13(4)14(5)25-19(16)21-17)24-10-15(23)22-8-6-7-12(3)9-22/h11-12H,6-10H2,1-5H3. The van der Waals surface area contributed by atoms with Gasteiger partial charge in [-0.05, 0) is 38.2 Å². The number of carbonyl (C=O) groups excluding carboxylic acids is 1. The summed E-state index contributed by atoms with van der Waals surface area (Å²) in [7, 11) is 0. The van der Waals surface area contributed by atoms with Crippen LogP contribution in [0, 0.1) is 19.8 Å². The van der Waals surface area contributed by atoms with Crippen LogP contribution < -0.4 is 0 Å². The molecule has 0 N–H and O–H groups in total. The van der Waals surface area contributed by atoms with Crippen LogP contribution >= 0.6 is 23.1 Å². The first kappa shape index (κ1) is 18.6. The third-order valence-electron chi connectivity index (χ3n) is 4.87. The quantitative estimate of drug-likeness (QED) is 0.568. The van der Waals surface area contributed by atoms with E-state index >= 15 is 0 Å². The minimum atomic E-state index is 0.235. The summed E-state index contributed by atoms with van der Waals surface area (Å²) in [5, 5.41) is 2.10. The molecular formula is C19H27N3OS2. The molecule has 1 amide bonds. The first-order chi connectivity index (χ1) is 11.9. The van der Waals surface area contributed by atoms with Crippen molar-refractivity contribution < 1.29 is 4.79 Å². The zero-order chi connectivity index (χ0) is 18.1. The number of aryl methyl sites for hydroxylation is 2. The van der Waals surface area contributed by atoms with Crippen molar-refractivity contribution >= 4 is 39.2 Å². The van der Waals surface area contributed by atoms with Crippen molar-refractivity contribution in [1.82, 2.24) is 14.9 Å². The van der Waals surface area contributed by atoms with Crippen molar-refractivity contribution in [2.24, 2.45) is 5.92 Å². The second-order valence-corrected chi connectivity index (χ2v) is 9.55. The minimum absolute atomic E-state index is 0.235. The zero-order valence-electron chi connectivity index (χ0n) is 15.8. The third kappa shape index (κ3) is 4.00. The minimum Gasteiger partial charge on any atom is -0.342 e. The van der Waals surface area contributed by atoms with Crippen molar-refractivity contribution in [3.8, 4) is 0 Å². The van der Waals surface area contributed by atoms with E-state index in [0.717, 1.165) is 40.6 Å². The van der Waals surface area contributed by atoms with Crippen molar-refractivity contribution in [1.29, 1.82) is 0 Å². The van der Waals surface area contributed by atoms with Gasteiger partial charge in [-0.25, -0.2) is 9.97 Å². The molecule has 0 radical (unpaired) electrons. The highest BCUT2D eigenvalue weighted by Gasteiger charge is 2.22. The summed E-state index contributed by atoms with van der Waals surface area (Å²) in [4.78, 5) is 26.5. The van der Waals surface area contributed by atoms with Gasteiger partial charge in [-0.15, -0.1) is 11.3 Å². The number of thiophene rings is 1. The second-order valence-electron chi connectivity index (χ2n) is 7.38. The smallest absolute Gasteiger partial charge is 0.232 e. The van der Waals surface area contributed by atoms with Crippen molar-refractivity contribution in [3.63, 3.8) is 0 Å². The van der Waals surface area contributed by atoms with E-state index in [1.54, 1.807) is 23.1 Å². The van der Waals surface area contributed by atoms with Crippen LogP contribution in [0.4, 0.5) is 0 Å². The molecule has 3 rings (SSSR count). The number of nitrogens with zero attached hydrogens (tertiary/aromatic N) is 3. The lowest BCUT2D eigenvalue weighted by atomic mass is 10.0. The number of likely N-dealkylation sites (tertiary alicyclic amines) is 1. The Labute approximate surface area is 158 Å². The van der Waals surface area contributed by atoms with Crippen LogP contribution in [0.1, 0.15) is 55.8 Å². The highest BCUT2D eigenvalue weighted by molar-refractivity contribution is 8.00. The van der Waals surface area contributed by atoms with E-state index < -0.39 is 0 Å². The number of piperidine rings is 1. The molecule has 1 unspecified atom stereocenters. The molecule has 1 aliphatic rings. The lowest BCUT2D eigenvalue weighted by Gasteiger charge is -2.30. The Morgan fingerprint density at radius 2 is 2.12 bits per heavy atom. The van der Waals surface area contributed by atoms with Gasteiger partial charge in [-0.2, -0.15) is 0 Å². The number of fused-ring (bicyclic) bond motifs is 1. The average molecular weight is 378 g/mol. The van der Waals surface area contributed by atoms with Crippen LogP contribution in [0.2, 0.25) is 0 Å². The molecule has 2 aromatic heterocycles. The highest BCUT2D eigenvalue weighted by Crippen LogP contribution is 2.36. The summed E-state index contributed by atoms with van der Waals surface area (Å²) >= 11 is 3.30. The van der Waals surface area contributed by atoms with Gasteiger partial charge in [-0.3, -0.25) is 4.79 Å². The first-order valence-electron chi connectivity index (χ1n) is 9.05. The molecule has 136 valence electrons. The molecule has 0 aliphatic carbocycles. The lowest BCUT2D eigenvalue weighted by Crippen LogP contribution is -2.40. The topological polar surface area (TPSA) is 46.1 Å². The number of carbonyl (C=O) groups is 1. The van der Waals surface area contributed by atoms with Crippen LogP contribution in [0.3, 0.4) is 0 Å². The van der Waals surface area contributed by atoms with Gasteiger partial charge < -0.3 is 4.90 Å². The molecule has 1 fully saturated rings. The summed E-state index contributed by atoms with van der Waals surface area (Å²) < 4.78 is 0. The summed E-state index contributed by atoms with van der Waals surface area (Å²) in [6.45, 7) is 12.5. The fourth-order valence-electron chi connectivity index (χ4n) is 3.23. The van der Waals surface area contributed by atoms with Crippen molar-refractivity contribution in [3.05, 3.63) is 16.3 Å². The van der Waals surface area contributed by atoms with Gasteiger partial charge in [0.25, 0.3) is 0 Å². The molecule has 1 aliphatic heterocycles. The zero-order valence-corrected chi connectivity index (χ0v) is 17.4. The van der Waals surface area contributed by atoms with Crippen LogP contribution in [-0.2, 0) is 4.79 Å². The summed E-state index contributed by atoms with van der Waals surface area (Å²) in [6.07, 6.45) is 2.35. The Morgan fingerprint density at radius 3 is 2.80 bits per heavy atom. The molecule has 1 saturated heterocycles. The highest BCUT2D eigenvalue weighted by atomic mass is 32.2. The summed E-state index contributed by atoms with van der Waals surface area (Å²) in [5.41, 5.74) is 1.25. The molecule has 0 spiro atoms. The Morgan fingerprint density at radius 1 is 1.36 bits per heavy atom. The van der Waals surface area contributed by atoms with E-state index in [1.165, 1.54) is 16.9 Å². The monoisotopic (exact) mass is 377 g/mol. The van der Waals surface area contributed by atoms with E-state index in [1.807, 2.05) is 4.90 Å². The number of hydrogen-bond donors (Lipinski definition) is 0. The molecule has 25 heavy (non-hydrogen) atoms. The SMILES string of the molecule is Cc1sc2nc(C(C)C)nc(SCC(=O)N3CCCC(C)C3)c2c1C. The van der Waals surface area contributed by atoms with Crippen LogP contribution in [0.15, 0.2) is 5.03 Å². The lowest BCUT2D eigenvalue weighted by molar-refractivity contribution is -0.130. The summed E-state index contributed by atoms with van der Waals surface area (Å²) in [5.74, 6) is 2.47. The largest absolute Gasteiger partial charge is 0.342 e. The second kappa shape index (κ2) is 7.62. The number of thioether (sulfide) groups is 1. The van der Waals surface area contributed by atoms with Gasteiger partial charge in [0, 0.05) is 29.3 Å². The maximum Gasteiger partial charge on any atom is 0.232 e. The Hall–Kier alpha value is -1.14. The fraction of sp³-hybridized carbons (Fsp3) is 0.632. The molecule has 0 saturated carbocycles. The van der Waals surface area contributed by atoms with E-state index in [9.17, 15) is 4.79 Å². The average Bonchev–Trinajstić information content (AvgIpc) is 2.86. The van der Waals surface area contributed by atoms with Crippen LogP contribution in [0.5, 0.6) is 0 Å². The van der Waals surface area contributed by atoms with E-state index in [-0.39, 0.29) is 11.8 Å².